The van der Waals surface area contributed by atoms with Gasteiger partial charge in [-0.2, -0.15) is 0 Å². The Morgan fingerprint density at radius 2 is 1.56 bits per heavy atom. The van der Waals surface area contributed by atoms with E-state index in [4.69, 9.17) is 4.42 Å². The minimum Gasteiger partial charge on any atom is -0.439 e. The fourth-order valence-electron chi connectivity index (χ4n) is 3.29. The van der Waals surface area contributed by atoms with Gasteiger partial charge in [0.05, 0.1) is 10.9 Å². The van der Waals surface area contributed by atoms with Crippen molar-refractivity contribution in [3.63, 3.8) is 0 Å². The quantitative estimate of drug-likeness (QED) is 0.560. The highest BCUT2D eigenvalue weighted by atomic mass is 32.2. The number of rotatable bonds is 8. The highest BCUT2D eigenvalue weighted by Gasteiger charge is 2.24. The maximum atomic E-state index is 12.8. The van der Waals surface area contributed by atoms with Crippen LogP contribution in [0.5, 0.6) is 0 Å². The van der Waals surface area contributed by atoms with Crippen LogP contribution in [0.1, 0.15) is 27.7 Å². The summed E-state index contributed by atoms with van der Waals surface area (Å²) >= 11 is 0. The average molecular weight is 456 g/mol. The van der Waals surface area contributed by atoms with E-state index < -0.39 is 15.7 Å². The number of nitrogens with zero attached hydrogens (tertiary/aromatic N) is 2. The molecule has 1 heterocycles. The van der Waals surface area contributed by atoms with Gasteiger partial charge < -0.3 is 19.5 Å². The molecule has 32 heavy (non-hydrogen) atoms. The van der Waals surface area contributed by atoms with Crippen molar-refractivity contribution in [3.8, 4) is 0 Å². The van der Waals surface area contributed by atoms with Crippen molar-refractivity contribution < 1.29 is 17.6 Å². The summed E-state index contributed by atoms with van der Waals surface area (Å²) in [6.45, 7) is 2.22. The van der Waals surface area contributed by atoms with Crippen LogP contribution in [-0.4, -0.2) is 54.0 Å². The van der Waals surface area contributed by atoms with Crippen molar-refractivity contribution in [2.45, 2.75) is 23.0 Å². The summed E-state index contributed by atoms with van der Waals surface area (Å²) in [7, 11) is 4.02. The molecule has 1 atom stereocenters. The third kappa shape index (κ3) is 5.20. The Kier molecular flexibility index (Phi) is 7.06. The minimum atomic E-state index is -3.83. The standard InChI is InChI=1S/C24H29N3O4S/c1-17-6-12-20(13-7-17)32(29,30)23-15-14-22(31-23)24(28)25-16-21(27(4)5)18-8-10-19(11-9-18)26(2)3/h6-15,21H,16H2,1-5H3,(H,25,28). The summed E-state index contributed by atoms with van der Waals surface area (Å²) in [5, 5.41) is 2.59. The van der Waals surface area contributed by atoms with E-state index in [1.54, 1.807) is 12.1 Å². The largest absolute Gasteiger partial charge is 0.439 e. The van der Waals surface area contributed by atoms with Crippen LogP contribution in [0.25, 0.3) is 0 Å². The molecule has 7 nitrogen and oxygen atoms in total. The lowest BCUT2D eigenvalue weighted by atomic mass is 10.1. The first-order valence-corrected chi connectivity index (χ1v) is 11.7. The lowest BCUT2D eigenvalue weighted by molar-refractivity contribution is 0.0909. The lowest BCUT2D eigenvalue weighted by Gasteiger charge is -2.25. The zero-order valence-electron chi connectivity index (χ0n) is 19.0. The summed E-state index contributed by atoms with van der Waals surface area (Å²) in [5.41, 5.74) is 3.10. The van der Waals surface area contributed by atoms with Gasteiger partial charge in [0.25, 0.3) is 5.91 Å². The first-order chi connectivity index (χ1) is 15.1. The summed E-state index contributed by atoms with van der Waals surface area (Å²) in [5.74, 6) is -0.511. The molecule has 1 aromatic heterocycles. The molecule has 0 bridgehead atoms. The number of carbonyl (C=O) groups excluding carboxylic acids is 1. The molecule has 0 aliphatic heterocycles. The molecule has 1 N–H and O–H groups in total. The van der Waals surface area contributed by atoms with Crippen LogP contribution in [0.4, 0.5) is 5.69 Å². The summed E-state index contributed by atoms with van der Waals surface area (Å²) in [4.78, 5) is 16.8. The van der Waals surface area contributed by atoms with Gasteiger partial charge in [-0.15, -0.1) is 0 Å². The molecular weight excluding hydrogens is 426 g/mol. The van der Waals surface area contributed by atoms with E-state index >= 15 is 0 Å². The van der Waals surface area contributed by atoms with E-state index in [9.17, 15) is 13.2 Å². The third-order valence-corrected chi connectivity index (χ3v) is 6.92. The average Bonchev–Trinajstić information content (AvgIpc) is 3.25. The Bertz CT molecular complexity index is 1160. The number of sulfone groups is 1. The fourth-order valence-corrected chi connectivity index (χ4v) is 4.46. The Balaban J connectivity index is 1.71. The zero-order valence-corrected chi connectivity index (χ0v) is 19.8. The number of amides is 1. The number of anilines is 1. The van der Waals surface area contributed by atoms with Gasteiger partial charge in [0, 0.05) is 26.3 Å². The predicted octanol–water partition coefficient (Wildman–Crippen LogP) is 3.52. The van der Waals surface area contributed by atoms with Gasteiger partial charge in [0.2, 0.25) is 14.9 Å². The Morgan fingerprint density at radius 3 is 2.12 bits per heavy atom. The van der Waals surface area contributed by atoms with Crippen LogP contribution in [0.15, 0.2) is 75.1 Å². The number of likely N-dealkylation sites (N-methyl/N-ethyl adjacent to an activating group) is 1. The first kappa shape index (κ1) is 23.6. The number of carbonyl (C=O) groups is 1. The third-order valence-electron chi connectivity index (χ3n) is 5.27. The van der Waals surface area contributed by atoms with E-state index in [-0.39, 0.29) is 21.8 Å². The highest BCUT2D eigenvalue weighted by Crippen LogP contribution is 2.24. The van der Waals surface area contributed by atoms with Gasteiger partial charge in [0.1, 0.15) is 0 Å². The van der Waals surface area contributed by atoms with Crippen LogP contribution >= 0.6 is 0 Å². The van der Waals surface area contributed by atoms with Crippen molar-refractivity contribution >= 4 is 21.4 Å². The molecule has 3 aromatic rings. The lowest BCUT2D eigenvalue weighted by Crippen LogP contribution is -2.34. The smallest absolute Gasteiger partial charge is 0.287 e. The topological polar surface area (TPSA) is 82.9 Å². The normalized spacial score (nSPS) is 12.6. The van der Waals surface area contributed by atoms with Gasteiger partial charge in [-0.1, -0.05) is 29.8 Å². The van der Waals surface area contributed by atoms with E-state index in [0.717, 1.165) is 16.8 Å². The molecule has 0 aliphatic carbocycles. The molecule has 0 spiro atoms. The number of furan rings is 1. The Labute approximate surface area is 189 Å². The van der Waals surface area contributed by atoms with E-state index in [0.29, 0.717) is 6.54 Å². The molecular formula is C24H29N3O4S. The van der Waals surface area contributed by atoms with Crippen LogP contribution < -0.4 is 10.2 Å². The molecule has 170 valence electrons. The SMILES string of the molecule is Cc1ccc(S(=O)(=O)c2ccc(C(=O)NCC(c3ccc(N(C)C)cc3)N(C)C)o2)cc1. The van der Waals surface area contributed by atoms with Crippen molar-refractivity contribution in [2.24, 2.45) is 0 Å². The van der Waals surface area contributed by atoms with Gasteiger partial charge in [-0.25, -0.2) is 8.42 Å². The maximum Gasteiger partial charge on any atom is 0.287 e. The van der Waals surface area contributed by atoms with Crippen molar-refractivity contribution in [3.05, 3.63) is 77.6 Å². The van der Waals surface area contributed by atoms with E-state index in [1.807, 2.05) is 69.2 Å². The molecule has 8 heteroatoms. The van der Waals surface area contributed by atoms with Crippen LogP contribution in [0.3, 0.4) is 0 Å². The molecule has 2 aromatic carbocycles. The van der Waals surface area contributed by atoms with E-state index in [2.05, 4.69) is 5.32 Å². The fraction of sp³-hybridized carbons (Fsp3) is 0.292. The number of hydrogen-bond donors (Lipinski definition) is 1. The van der Waals surface area contributed by atoms with Crippen LogP contribution in [0.2, 0.25) is 0 Å². The molecule has 0 saturated heterocycles. The number of benzene rings is 2. The predicted molar refractivity (Wildman–Crippen MR) is 125 cm³/mol. The molecule has 1 unspecified atom stereocenters. The van der Waals surface area contributed by atoms with Crippen molar-refractivity contribution in [1.82, 2.24) is 10.2 Å². The molecule has 3 rings (SSSR count). The Hall–Kier alpha value is -3.10. The van der Waals surface area contributed by atoms with Gasteiger partial charge in [-0.3, -0.25) is 4.79 Å². The monoisotopic (exact) mass is 455 g/mol. The molecule has 0 aliphatic rings. The van der Waals surface area contributed by atoms with Crippen LogP contribution in [0, 0.1) is 6.92 Å². The van der Waals surface area contributed by atoms with Crippen molar-refractivity contribution in [1.29, 1.82) is 0 Å². The van der Waals surface area contributed by atoms with E-state index in [1.165, 1.54) is 24.3 Å². The second kappa shape index (κ2) is 9.58. The molecule has 0 saturated carbocycles. The van der Waals surface area contributed by atoms with Gasteiger partial charge in [-0.05, 0) is 63.0 Å². The van der Waals surface area contributed by atoms with Crippen LogP contribution in [-0.2, 0) is 9.84 Å². The number of hydrogen-bond acceptors (Lipinski definition) is 6. The molecule has 0 radical (unpaired) electrons. The molecule has 1 amide bonds. The van der Waals surface area contributed by atoms with Crippen molar-refractivity contribution in [2.75, 3.05) is 39.6 Å². The maximum absolute atomic E-state index is 12.8. The number of aryl methyl sites for hydroxylation is 1. The van der Waals surface area contributed by atoms with Gasteiger partial charge >= 0.3 is 0 Å². The highest BCUT2D eigenvalue weighted by molar-refractivity contribution is 7.91. The molecule has 0 fully saturated rings. The van der Waals surface area contributed by atoms with Gasteiger partial charge in [0.15, 0.2) is 5.76 Å². The second-order valence-corrected chi connectivity index (χ2v) is 9.99. The minimum absolute atomic E-state index is 0.0452. The first-order valence-electron chi connectivity index (χ1n) is 10.2. The number of nitrogens with one attached hydrogen (secondary N) is 1. The summed E-state index contributed by atoms with van der Waals surface area (Å²) in [6, 6.07) is 17.3. The summed E-state index contributed by atoms with van der Waals surface area (Å²) < 4.78 is 30.9. The Morgan fingerprint density at radius 1 is 0.938 bits per heavy atom. The second-order valence-electron chi connectivity index (χ2n) is 8.11. The zero-order chi connectivity index (χ0) is 23.5. The summed E-state index contributed by atoms with van der Waals surface area (Å²) in [6.07, 6.45) is 0.